The fourth-order valence-electron chi connectivity index (χ4n) is 7.24. The van der Waals surface area contributed by atoms with Gasteiger partial charge in [0.05, 0.1) is 54.0 Å². The number of hydrazone groups is 1. The number of aromatic nitrogens is 1. The molecule has 14 heteroatoms. The van der Waals surface area contributed by atoms with Crippen molar-refractivity contribution in [2.45, 2.75) is 84.0 Å². The van der Waals surface area contributed by atoms with Crippen molar-refractivity contribution in [3.05, 3.63) is 145 Å². The van der Waals surface area contributed by atoms with Crippen molar-refractivity contribution in [1.29, 1.82) is 0 Å². The van der Waals surface area contributed by atoms with Crippen LogP contribution in [0.2, 0.25) is 0 Å². The smallest absolute Gasteiger partial charge is 0.343 e. The summed E-state index contributed by atoms with van der Waals surface area (Å²) in [7, 11) is 0. The summed E-state index contributed by atoms with van der Waals surface area (Å²) in [6, 6.07) is 30.5. The highest BCUT2D eigenvalue weighted by atomic mass is 32.1. The third-order valence-electron chi connectivity index (χ3n) is 11.1. The first kappa shape index (κ1) is 52.1. The van der Waals surface area contributed by atoms with E-state index in [1.165, 1.54) is 0 Å². The predicted molar refractivity (Wildman–Crippen MR) is 276 cm³/mol. The van der Waals surface area contributed by atoms with E-state index in [1.807, 2.05) is 41.4 Å². The molecule has 70 heavy (non-hydrogen) atoms. The average molecular weight is 968 g/mol. The molecule has 6 aromatic rings. The van der Waals surface area contributed by atoms with E-state index in [9.17, 15) is 19.2 Å². The van der Waals surface area contributed by atoms with E-state index in [-0.39, 0.29) is 0 Å². The standard InChI is InChI=1S/C56H61N3O10S/c1-4-7-8-15-34-59(56-58-49-20-13-14-21-51(49)70-56)57-40-48-47-32-31-46(68-54(62)41-22-27-44(28-23-41)64-35-16-9-11-18-37-66-52(60)5-2)39-43(47)26-33-50(48)69-55(63)42-24-29-45(30-25-42)65-36-17-10-12-19-38-67-53(61)6-3/h5-6,13-14,20-33,39-40H,2-4,7-12,15-19,34-38H2,1H3/b57-40+. The van der Waals surface area contributed by atoms with E-state index in [0.717, 1.165) is 115 Å². The predicted octanol–water partition coefficient (Wildman–Crippen LogP) is 12.6. The van der Waals surface area contributed by atoms with Gasteiger partial charge in [0.15, 0.2) is 0 Å². The second kappa shape index (κ2) is 28.2. The van der Waals surface area contributed by atoms with Crippen LogP contribution in [0.3, 0.4) is 0 Å². The molecule has 1 heterocycles. The minimum atomic E-state index is -0.553. The molecule has 5 aromatic carbocycles. The second-order valence-electron chi connectivity index (χ2n) is 16.3. The maximum absolute atomic E-state index is 13.7. The zero-order chi connectivity index (χ0) is 49.3. The number of benzene rings is 5. The number of fused-ring (bicyclic) bond motifs is 2. The van der Waals surface area contributed by atoms with Crippen molar-refractivity contribution < 1.29 is 47.6 Å². The largest absolute Gasteiger partial charge is 0.494 e. The van der Waals surface area contributed by atoms with Crippen LogP contribution in [0.5, 0.6) is 23.0 Å². The van der Waals surface area contributed by atoms with Crippen LogP contribution in [0.1, 0.15) is 110 Å². The van der Waals surface area contributed by atoms with Crippen LogP contribution in [0, 0.1) is 0 Å². The van der Waals surface area contributed by atoms with Gasteiger partial charge in [-0.05, 0) is 153 Å². The minimum Gasteiger partial charge on any atom is -0.494 e. The third-order valence-corrected chi connectivity index (χ3v) is 12.1. The molecule has 1 aromatic heterocycles. The van der Waals surface area contributed by atoms with Gasteiger partial charge in [0, 0.05) is 24.3 Å². The first-order valence-electron chi connectivity index (χ1n) is 24.0. The van der Waals surface area contributed by atoms with E-state index < -0.39 is 23.9 Å². The number of anilines is 1. The Morgan fingerprint density at radius 3 is 1.76 bits per heavy atom. The van der Waals surface area contributed by atoms with Gasteiger partial charge in [0.1, 0.15) is 23.0 Å². The quantitative estimate of drug-likeness (QED) is 0.0105. The van der Waals surface area contributed by atoms with Crippen LogP contribution in [0.25, 0.3) is 21.0 Å². The lowest BCUT2D eigenvalue weighted by molar-refractivity contribution is -0.138. The Morgan fingerprint density at radius 1 is 0.614 bits per heavy atom. The highest BCUT2D eigenvalue weighted by Gasteiger charge is 2.18. The van der Waals surface area contributed by atoms with Crippen molar-refractivity contribution in [3.8, 4) is 23.0 Å². The summed E-state index contributed by atoms with van der Waals surface area (Å²) in [4.78, 5) is 54.3. The number of para-hydroxylation sites is 1. The molecular weight excluding hydrogens is 907 g/mol. The van der Waals surface area contributed by atoms with E-state index in [0.29, 0.717) is 72.7 Å². The van der Waals surface area contributed by atoms with Gasteiger partial charge in [-0.3, -0.25) is 0 Å². The van der Waals surface area contributed by atoms with Gasteiger partial charge in [-0.25, -0.2) is 29.2 Å². The van der Waals surface area contributed by atoms with Gasteiger partial charge in [0.2, 0.25) is 5.13 Å². The molecule has 0 bridgehead atoms. The maximum Gasteiger partial charge on any atom is 0.343 e. The first-order valence-corrected chi connectivity index (χ1v) is 24.8. The number of hydrogen-bond acceptors (Lipinski definition) is 14. The summed E-state index contributed by atoms with van der Waals surface area (Å²) in [6.07, 6.45) is 15.1. The Morgan fingerprint density at radius 2 is 1.17 bits per heavy atom. The Labute approximate surface area is 413 Å². The Kier molecular flexibility index (Phi) is 21.0. The zero-order valence-corrected chi connectivity index (χ0v) is 40.6. The molecule has 0 aliphatic heterocycles. The van der Waals surface area contributed by atoms with Gasteiger partial charge >= 0.3 is 23.9 Å². The van der Waals surface area contributed by atoms with Crippen LogP contribution >= 0.6 is 11.3 Å². The van der Waals surface area contributed by atoms with E-state index in [1.54, 1.807) is 84.3 Å². The molecule has 0 amide bonds. The van der Waals surface area contributed by atoms with Crippen molar-refractivity contribution in [1.82, 2.24) is 4.98 Å². The van der Waals surface area contributed by atoms with Gasteiger partial charge in [-0.1, -0.05) is 68.9 Å². The summed E-state index contributed by atoms with van der Waals surface area (Å²) in [5.41, 5.74) is 2.16. The number of ether oxygens (including phenoxy) is 6. The fraction of sp³-hybridized carbons (Fsp3) is 0.321. The molecule has 0 N–H and O–H groups in total. The summed E-state index contributed by atoms with van der Waals surface area (Å²) >= 11 is 1.57. The van der Waals surface area contributed by atoms with Crippen molar-refractivity contribution in [3.63, 3.8) is 0 Å². The van der Waals surface area contributed by atoms with Crippen LogP contribution in [-0.2, 0) is 19.1 Å². The van der Waals surface area contributed by atoms with E-state index in [2.05, 4.69) is 20.1 Å². The van der Waals surface area contributed by atoms with Crippen molar-refractivity contribution in [2.24, 2.45) is 5.10 Å². The van der Waals surface area contributed by atoms with Gasteiger partial charge in [-0.2, -0.15) is 5.10 Å². The molecule has 0 aliphatic carbocycles. The molecule has 13 nitrogen and oxygen atoms in total. The Bertz CT molecular complexity index is 2660. The first-order chi connectivity index (χ1) is 34.2. The SMILES string of the molecule is C=CC(=O)OCCCCCCOc1ccc(C(=O)Oc2ccc3c(/C=N/N(CCCCCC)c4nc5ccccc5s4)c(OC(=O)c4ccc(OCCCCCCOC(=O)C=C)cc4)ccc3c2)cc1. The second-order valence-corrected chi connectivity index (χ2v) is 17.4. The molecule has 0 unspecified atom stereocenters. The molecular formula is C56H61N3O10S. The molecule has 0 aliphatic rings. The molecule has 0 saturated heterocycles. The number of carbonyl (C=O) groups is 4. The van der Waals surface area contributed by atoms with E-state index in [4.69, 9.17) is 38.5 Å². The van der Waals surface area contributed by atoms with Gasteiger partial charge in [-0.15, -0.1) is 0 Å². The summed E-state index contributed by atoms with van der Waals surface area (Å²) < 4.78 is 34.8. The molecule has 0 radical (unpaired) electrons. The lowest BCUT2D eigenvalue weighted by atomic mass is 10.0. The van der Waals surface area contributed by atoms with Crippen LogP contribution in [0.15, 0.2) is 134 Å². The normalized spacial score (nSPS) is 11.0. The zero-order valence-electron chi connectivity index (χ0n) is 39.8. The number of hydrogen-bond donors (Lipinski definition) is 0. The lowest BCUT2D eigenvalue weighted by Crippen LogP contribution is -2.18. The summed E-state index contributed by atoms with van der Waals surface area (Å²) in [5.74, 6) is 0.0118. The molecule has 0 atom stereocenters. The number of thiazole rings is 1. The monoisotopic (exact) mass is 967 g/mol. The van der Waals surface area contributed by atoms with E-state index >= 15 is 0 Å². The highest BCUT2D eigenvalue weighted by Crippen LogP contribution is 2.33. The van der Waals surface area contributed by atoms with Crippen LogP contribution < -0.4 is 24.0 Å². The maximum atomic E-state index is 13.7. The molecule has 0 saturated carbocycles. The molecule has 0 fully saturated rings. The fourth-order valence-corrected chi connectivity index (χ4v) is 8.19. The third kappa shape index (κ3) is 16.4. The molecule has 6 rings (SSSR count). The number of esters is 4. The van der Waals surface area contributed by atoms with Crippen molar-refractivity contribution in [2.75, 3.05) is 38.0 Å². The van der Waals surface area contributed by atoms with Crippen LogP contribution in [0.4, 0.5) is 5.13 Å². The molecule has 366 valence electrons. The summed E-state index contributed by atoms with van der Waals surface area (Å²) in [6.45, 7) is 11.4. The number of rotatable bonds is 30. The Balaban J connectivity index is 1.14. The van der Waals surface area contributed by atoms with Gasteiger partial charge < -0.3 is 28.4 Å². The number of unbranched alkanes of at least 4 members (excludes halogenated alkanes) is 9. The highest BCUT2D eigenvalue weighted by molar-refractivity contribution is 7.22. The number of carbonyl (C=O) groups excluding carboxylic acids is 4. The topological polar surface area (TPSA) is 152 Å². The van der Waals surface area contributed by atoms with Crippen molar-refractivity contribution >= 4 is 67.5 Å². The Hall–Kier alpha value is -7.32. The summed E-state index contributed by atoms with van der Waals surface area (Å²) in [5, 5.41) is 9.13. The average Bonchev–Trinajstić information content (AvgIpc) is 3.82. The molecule has 0 spiro atoms. The minimum absolute atomic E-state index is 0.301. The van der Waals surface area contributed by atoms with Crippen LogP contribution in [-0.4, -0.2) is 68.0 Å². The number of nitrogens with zero attached hydrogens (tertiary/aromatic N) is 3. The lowest BCUT2D eigenvalue weighted by Gasteiger charge is -2.17. The van der Waals surface area contributed by atoms with Gasteiger partial charge in [0.25, 0.3) is 0 Å².